The van der Waals surface area contributed by atoms with Gasteiger partial charge >= 0.3 is 11.8 Å². The standard InChI is InChI=1S/C13H16ClN3O2/c1-13(2,3)16-11(18)12(19)17-15-8-9-4-6-10(14)7-5-9/h4-8H,1-3H3,(H,16,18)(H,17,19). The largest absolute Gasteiger partial charge is 0.343 e. The second-order valence-corrected chi connectivity index (χ2v) is 5.39. The van der Waals surface area contributed by atoms with E-state index in [-0.39, 0.29) is 0 Å². The van der Waals surface area contributed by atoms with Crippen molar-refractivity contribution in [1.82, 2.24) is 10.7 Å². The number of rotatable bonds is 2. The van der Waals surface area contributed by atoms with Crippen LogP contribution in [-0.4, -0.2) is 23.6 Å². The summed E-state index contributed by atoms with van der Waals surface area (Å²) in [7, 11) is 0. The number of halogens is 1. The van der Waals surface area contributed by atoms with Crippen LogP contribution < -0.4 is 10.7 Å². The predicted octanol–water partition coefficient (Wildman–Crippen LogP) is 1.70. The van der Waals surface area contributed by atoms with Gasteiger partial charge < -0.3 is 5.32 Å². The Kier molecular flexibility index (Phi) is 5.06. The number of amides is 2. The third-order valence-electron chi connectivity index (χ3n) is 1.94. The SMILES string of the molecule is CC(C)(C)NC(=O)C(=O)NN=Cc1ccc(Cl)cc1. The minimum atomic E-state index is -0.805. The van der Waals surface area contributed by atoms with Gasteiger partial charge in [-0.2, -0.15) is 5.10 Å². The van der Waals surface area contributed by atoms with Gasteiger partial charge in [-0.05, 0) is 38.5 Å². The van der Waals surface area contributed by atoms with Crippen LogP contribution in [0.15, 0.2) is 29.4 Å². The highest BCUT2D eigenvalue weighted by Crippen LogP contribution is 2.07. The number of benzene rings is 1. The minimum absolute atomic E-state index is 0.464. The molecule has 0 saturated carbocycles. The monoisotopic (exact) mass is 281 g/mol. The lowest BCUT2D eigenvalue weighted by atomic mass is 10.1. The molecule has 102 valence electrons. The summed E-state index contributed by atoms with van der Waals surface area (Å²) in [6.07, 6.45) is 1.43. The number of nitrogens with one attached hydrogen (secondary N) is 2. The van der Waals surface area contributed by atoms with Crippen LogP contribution in [0.3, 0.4) is 0 Å². The highest BCUT2D eigenvalue weighted by atomic mass is 35.5. The Hall–Kier alpha value is -1.88. The molecule has 0 bridgehead atoms. The van der Waals surface area contributed by atoms with Crippen LogP contribution in [0.25, 0.3) is 0 Å². The normalized spacial score (nSPS) is 11.4. The van der Waals surface area contributed by atoms with Gasteiger partial charge in [0.25, 0.3) is 0 Å². The van der Waals surface area contributed by atoms with Crippen LogP contribution in [-0.2, 0) is 9.59 Å². The average Bonchev–Trinajstić information content (AvgIpc) is 2.29. The summed E-state index contributed by atoms with van der Waals surface area (Å²) >= 11 is 5.73. The quantitative estimate of drug-likeness (QED) is 0.492. The Bertz CT molecular complexity index is 490. The summed E-state index contributed by atoms with van der Waals surface area (Å²) in [5.74, 6) is -1.53. The average molecular weight is 282 g/mol. The molecule has 19 heavy (non-hydrogen) atoms. The first-order valence-electron chi connectivity index (χ1n) is 5.69. The molecule has 0 aliphatic heterocycles. The summed E-state index contributed by atoms with van der Waals surface area (Å²) in [6.45, 7) is 5.36. The van der Waals surface area contributed by atoms with Crippen molar-refractivity contribution in [3.63, 3.8) is 0 Å². The van der Waals surface area contributed by atoms with Crippen molar-refractivity contribution in [2.75, 3.05) is 0 Å². The second kappa shape index (κ2) is 6.33. The molecule has 0 aliphatic rings. The van der Waals surface area contributed by atoms with Crippen molar-refractivity contribution < 1.29 is 9.59 Å². The lowest BCUT2D eigenvalue weighted by Gasteiger charge is -2.19. The predicted molar refractivity (Wildman–Crippen MR) is 75.1 cm³/mol. The second-order valence-electron chi connectivity index (χ2n) is 4.95. The van der Waals surface area contributed by atoms with E-state index in [1.54, 1.807) is 45.0 Å². The zero-order valence-corrected chi connectivity index (χ0v) is 11.8. The molecule has 0 aliphatic carbocycles. The maximum absolute atomic E-state index is 11.4. The molecule has 0 aromatic heterocycles. The fourth-order valence-electron chi connectivity index (χ4n) is 1.16. The smallest absolute Gasteiger partial charge is 0.329 e. The van der Waals surface area contributed by atoms with Crippen molar-refractivity contribution in [3.05, 3.63) is 34.9 Å². The Labute approximate surface area is 117 Å². The van der Waals surface area contributed by atoms with Crippen LogP contribution in [0.2, 0.25) is 5.02 Å². The zero-order chi connectivity index (χ0) is 14.5. The van der Waals surface area contributed by atoms with E-state index in [0.717, 1.165) is 5.56 Å². The lowest BCUT2D eigenvalue weighted by molar-refractivity contribution is -0.140. The van der Waals surface area contributed by atoms with Crippen LogP contribution in [0.4, 0.5) is 0 Å². The molecule has 1 rings (SSSR count). The fraction of sp³-hybridized carbons (Fsp3) is 0.308. The van der Waals surface area contributed by atoms with Gasteiger partial charge in [0.05, 0.1) is 6.21 Å². The highest BCUT2D eigenvalue weighted by molar-refractivity contribution is 6.35. The molecule has 1 aromatic carbocycles. The van der Waals surface area contributed by atoms with E-state index >= 15 is 0 Å². The Morgan fingerprint density at radius 3 is 2.26 bits per heavy atom. The maximum Gasteiger partial charge on any atom is 0.329 e. The number of hydrazone groups is 1. The molecule has 0 heterocycles. The Balaban J connectivity index is 2.50. The molecule has 5 nitrogen and oxygen atoms in total. The molecule has 0 unspecified atom stereocenters. The van der Waals surface area contributed by atoms with Gasteiger partial charge in [0.15, 0.2) is 0 Å². The van der Waals surface area contributed by atoms with Gasteiger partial charge in [0.1, 0.15) is 0 Å². The first-order valence-corrected chi connectivity index (χ1v) is 6.07. The third kappa shape index (κ3) is 6.01. The topological polar surface area (TPSA) is 70.6 Å². The Morgan fingerprint density at radius 1 is 1.16 bits per heavy atom. The molecule has 0 saturated heterocycles. The molecule has 0 fully saturated rings. The van der Waals surface area contributed by atoms with Crippen molar-refractivity contribution in [1.29, 1.82) is 0 Å². The zero-order valence-electron chi connectivity index (χ0n) is 11.0. The molecule has 2 amide bonds. The number of carbonyl (C=O) groups excluding carboxylic acids is 2. The van der Waals surface area contributed by atoms with Crippen molar-refractivity contribution in [2.24, 2.45) is 5.10 Å². The van der Waals surface area contributed by atoms with E-state index in [1.165, 1.54) is 6.21 Å². The minimum Gasteiger partial charge on any atom is -0.343 e. The summed E-state index contributed by atoms with van der Waals surface area (Å²) in [5.41, 5.74) is 2.45. The first-order chi connectivity index (χ1) is 8.78. The molecule has 0 atom stereocenters. The van der Waals surface area contributed by atoms with E-state index < -0.39 is 17.4 Å². The van der Waals surface area contributed by atoms with Crippen LogP contribution >= 0.6 is 11.6 Å². The number of hydrogen-bond acceptors (Lipinski definition) is 3. The lowest BCUT2D eigenvalue weighted by Crippen LogP contribution is -2.47. The molecule has 0 spiro atoms. The molecular weight excluding hydrogens is 266 g/mol. The number of nitrogens with zero attached hydrogens (tertiary/aromatic N) is 1. The van der Waals surface area contributed by atoms with E-state index in [0.29, 0.717) is 5.02 Å². The van der Waals surface area contributed by atoms with Gasteiger partial charge in [0.2, 0.25) is 0 Å². The van der Waals surface area contributed by atoms with Gasteiger partial charge in [-0.25, -0.2) is 5.43 Å². The van der Waals surface area contributed by atoms with Gasteiger partial charge in [-0.1, -0.05) is 23.7 Å². The van der Waals surface area contributed by atoms with Crippen molar-refractivity contribution in [3.8, 4) is 0 Å². The van der Waals surface area contributed by atoms with Crippen molar-refractivity contribution >= 4 is 29.6 Å². The van der Waals surface area contributed by atoms with E-state index in [2.05, 4.69) is 15.8 Å². The van der Waals surface area contributed by atoms with Gasteiger partial charge in [-0.3, -0.25) is 9.59 Å². The third-order valence-corrected chi connectivity index (χ3v) is 2.20. The maximum atomic E-state index is 11.4. The Morgan fingerprint density at radius 2 is 1.74 bits per heavy atom. The first kappa shape index (κ1) is 15.2. The summed E-state index contributed by atoms with van der Waals surface area (Å²) < 4.78 is 0. The van der Waals surface area contributed by atoms with Crippen LogP contribution in [0.5, 0.6) is 0 Å². The molecule has 2 N–H and O–H groups in total. The van der Waals surface area contributed by atoms with E-state index in [1.807, 2.05) is 0 Å². The molecule has 1 aromatic rings. The van der Waals surface area contributed by atoms with Crippen LogP contribution in [0, 0.1) is 0 Å². The number of carbonyl (C=O) groups is 2. The summed E-state index contributed by atoms with van der Waals surface area (Å²) in [6, 6.07) is 6.90. The summed E-state index contributed by atoms with van der Waals surface area (Å²) in [4.78, 5) is 22.8. The van der Waals surface area contributed by atoms with E-state index in [9.17, 15) is 9.59 Å². The van der Waals surface area contributed by atoms with Crippen LogP contribution in [0.1, 0.15) is 26.3 Å². The number of hydrogen-bond donors (Lipinski definition) is 2. The highest BCUT2D eigenvalue weighted by Gasteiger charge is 2.19. The fourth-order valence-corrected chi connectivity index (χ4v) is 1.29. The molecule has 0 radical (unpaired) electrons. The van der Waals surface area contributed by atoms with Crippen molar-refractivity contribution in [2.45, 2.75) is 26.3 Å². The molecule has 6 heteroatoms. The van der Waals surface area contributed by atoms with Gasteiger partial charge in [-0.15, -0.1) is 0 Å². The summed E-state index contributed by atoms with van der Waals surface area (Å²) in [5, 5.41) is 6.84. The van der Waals surface area contributed by atoms with Gasteiger partial charge in [0, 0.05) is 10.6 Å². The van der Waals surface area contributed by atoms with E-state index in [4.69, 9.17) is 11.6 Å². The molecular formula is C13H16ClN3O2.